The van der Waals surface area contributed by atoms with Crippen molar-refractivity contribution in [1.29, 1.82) is 0 Å². The van der Waals surface area contributed by atoms with Gasteiger partial charge in [0.05, 0.1) is 30.1 Å². The lowest BCUT2D eigenvalue weighted by molar-refractivity contribution is -0.383. The van der Waals surface area contributed by atoms with E-state index in [2.05, 4.69) is 11.1 Å². The van der Waals surface area contributed by atoms with Crippen LogP contribution in [-0.4, -0.2) is 23.6 Å². The molecule has 0 radical (unpaired) electrons. The van der Waals surface area contributed by atoms with Gasteiger partial charge in [-0.1, -0.05) is 23.7 Å². The molecule has 0 unspecified atom stereocenters. The van der Waals surface area contributed by atoms with Crippen molar-refractivity contribution in [2.45, 2.75) is 32.6 Å². The fourth-order valence-corrected chi connectivity index (χ4v) is 3.54. The molecule has 0 bridgehead atoms. The Morgan fingerprint density at radius 1 is 1.17 bits per heavy atom. The summed E-state index contributed by atoms with van der Waals surface area (Å²) in [4.78, 5) is 15.2. The van der Waals surface area contributed by atoms with Gasteiger partial charge in [-0.15, -0.1) is 0 Å². The van der Waals surface area contributed by atoms with Gasteiger partial charge in [0.25, 0.3) is 5.69 Å². The first-order valence-corrected chi connectivity index (χ1v) is 9.87. The Morgan fingerprint density at radius 3 is 2.72 bits per heavy atom. The van der Waals surface area contributed by atoms with Gasteiger partial charge < -0.3 is 9.47 Å². The van der Waals surface area contributed by atoms with Gasteiger partial charge in [0.15, 0.2) is 17.0 Å². The summed E-state index contributed by atoms with van der Waals surface area (Å²) < 4.78 is 11.4. The highest BCUT2D eigenvalue weighted by Gasteiger charge is 2.23. The van der Waals surface area contributed by atoms with Gasteiger partial charge in [0, 0.05) is 11.2 Å². The molecular weight excluding hydrogens is 392 g/mol. The lowest BCUT2D eigenvalue weighted by Gasteiger charge is -2.15. The number of fused-ring (bicyclic) bond motifs is 1. The second kappa shape index (κ2) is 9.56. The van der Waals surface area contributed by atoms with Crippen LogP contribution in [0.2, 0.25) is 5.02 Å². The summed E-state index contributed by atoms with van der Waals surface area (Å²) in [5.74, 6) is 0.854. The monoisotopic (exact) mass is 414 g/mol. The topological polar surface area (TPSA) is 74.5 Å². The minimum absolute atomic E-state index is 0.0885. The van der Waals surface area contributed by atoms with Crippen LogP contribution in [0, 0.1) is 17.0 Å². The van der Waals surface area contributed by atoms with Crippen LogP contribution in [0.15, 0.2) is 42.6 Å². The van der Waals surface area contributed by atoms with E-state index in [9.17, 15) is 10.1 Å². The number of ether oxygens (including phenoxy) is 2. The number of unbranched alkanes of at least 4 members (excludes halogenated alkanes) is 2. The molecule has 0 amide bonds. The van der Waals surface area contributed by atoms with Crippen LogP contribution in [0.4, 0.5) is 5.69 Å². The van der Waals surface area contributed by atoms with Gasteiger partial charge in [-0.3, -0.25) is 10.1 Å². The highest BCUT2D eigenvalue weighted by molar-refractivity contribution is 6.30. The van der Waals surface area contributed by atoms with E-state index in [-0.39, 0.29) is 5.69 Å². The summed E-state index contributed by atoms with van der Waals surface area (Å²) in [6.07, 6.45) is 5.42. The van der Waals surface area contributed by atoms with Crippen LogP contribution >= 0.6 is 11.6 Å². The lowest BCUT2D eigenvalue weighted by Crippen LogP contribution is -2.03. The first-order chi connectivity index (χ1) is 14.0. The average Bonchev–Trinajstić information content (AvgIpc) is 2.70. The highest BCUT2D eigenvalue weighted by atomic mass is 35.5. The number of nitro benzene ring substituents is 1. The summed E-state index contributed by atoms with van der Waals surface area (Å²) in [6, 6.07) is 11.1. The van der Waals surface area contributed by atoms with E-state index < -0.39 is 4.92 Å². The third kappa shape index (κ3) is 4.95. The van der Waals surface area contributed by atoms with Crippen molar-refractivity contribution in [2.24, 2.45) is 0 Å². The Bertz CT molecular complexity index is 1020. The van der Waals surface area contributed by atoms with E-state index in [0.29, 0.717) is 29.0 Å². The van der Waals surface area contributed by atoms with Crippen molar-refractivity contribution in [3.63, 3.8) is 0 Å². The standard InChI is InChI=1S/C22H23ClN2O4/c1-15-10-11-24-21-18(25(26)27)14-19(28-2)22(20(15)21)29-12-5-3-4-7-16-8-6-9-17(23)13-16/h6,8-11,13-14H,3-5,7,12H2,1-2H3. The quantitative estimate of drug-likeness (QED) is 0.247. The molecule has 7 heteroatoms. The first kappa shape index (κ1) is 20.9. The molecule has 0 aliphatic rings. The Morgan fingerprint density at radius 2 is 2.00 bits per heavy atom. The summed E-state index contributed by atoms with van der Waals surface area (Å²) >= 11 is 6.02. The molecule has 0 N–H and O–H groups in total. The third-order valence-electron chi connectivity index (χ3n) is 4.78. The number of aromatic nitrogens is 1. The van der Waals surface area contributed by atoms with Crippen molar-refractivity contribution in [3.05, 3.63) is 68.9 Å². The molecule has 0 aliphatic carbocycles. The van der Waals surface area contributed by atoms with Gasteiger partial charge in [0.2, 0.25) is 0 Å². The molecule has 29 heavy (non-hydrogen) atoms. The van der Waals surface area contributed by atoms with Crippen molar-refractivity contribution >= 4 is 28.2 Å². The van der Waals surface area contributed by atoms with E-state index in [1.165, 1.54) is 18.7 Å². The Hall–Kier alpha value is -2.86. The van der Waals surface area contributed by atoms with E-state index in [1.807, 2.05) is 31.2 Å². The van der Waals surface area contributed by atoms with Gasteiger partial charge in [-0.25, -0.2) is 4.98 Å². The highest BCUT2D eigenvalue weighted by Crippen LogP contribution is 2.41. The molecule has 0 atom stereocenters. The molecular formula is C22H23ClN2O4. The molecule has 2 aromatic carbocycles. The predicted octanol–water partition coefficient (Wildman–Crippen LogP) is 5.91. The number of nitro groups is 1. The number of non-ortho nitro benzene ring substituents is 1. The van der Waals surface area contributed by atoms with Crippen LogP contribution in [0.25, 0.3) is 10.9 Å². The largest absolute Gasteiger partial charge is 0.493 e. The number of halogens is 1. The first-order valence-electron chi connectivity index (χ1n) is 9.49. The maximum atomic E-state index is 11.4. The maximum Gasteiger partial charge on any atom is 0.299 e. The van der Waals surface area contributed by atoms with E-state index in [4.69, 9.17) is 21.1 Å². The molecule has 3 aromatic rings. The number of pyridine rings is 1. The Labute approximate surface area is 174 Å². The van der Waals surface area contributed by atoms with E-state index >= 15 is 0 Å². The third-order valence-corrected chi connectivity index (χ3v) is 5.02. The SMILES string of the molecule is COc1cc([N+](=O)[O-])c2nccc(C)c2c1OCCCCCc1cccc(Cl)c1. The Balaban J connectivity index is 1.68. The van der Waals surface area contributed by atoms with Crippen molar-refractivity contribution in [2.75, 3.05) is 13.7 Å². The van der Waals surface area contributed by atoms with Crippen LogP contribution < -0.4 is 9.47 Å². The van der Waals surface area contributed by atoms with Crippen LogP contribution in [0.3, 0.4) is 0 Å². The number of rotatable bonds is 9. The molecule has 1 aromatic heterocycles. The van der Waals surface area contributed by atoms with Crippen LogP contribution in [0.5, 0.6) is 11.5 Å². The fraction of sp³-hybridized carbons (Fsp3) is 0.318. The van der Waals surface area contributed by atoms with Gasteiger partial charge >= 0.3 is 0 Å². The average molecular weight is 415 g/mol. The summed E-state index contributed by atoms with van der Waals surface area (Å²) in [5, 5.41) is 12.8. The van der Waals surface area contributed by atoms with Crippen LogP contribution in [0.1, 0.15) is 30.4 Å². The van der Waals surface area contributed by atoms with Crippen molar-refractivity contribution < 1.29 is 14.4 Å². The number of hydrogen-bond acceptors (Lipinski definition) is 5. The zero-order valence-corrected chi connectivity index (χ0v) is 17.2. The summed E-state index contributed by atoms with van der Waals surface area (Å²) in [5.41, 5.74) is 2.30. The summed E-state index contributed by atoms with van der Waals surface area (Å²) in [7, 11) is 1.48. The minimum Gasteiger partial charge on any atom is -0.493 e. The second-order valence-corrected chi connectivity index (χ2v) is 7.26. The van der Waals surface area contributed by atoms with E-state index in [0.717, 1.165) is 36.3 Å². The molecule has 0 spiro atoms. The number of benzene rings is 2. The maximum absolute atomic E-state index is 11.4. The molecule has 6 nitrogen and oxygen atoms in total. The summed E-state index contributed by atoms with van der Waals surface area (Å²) in [6.45, 7) is 2.37. The van der Waals surface area contributed by atoms with Gasteiger partial charge in [-0.2, -0.15) is 0 Å². The predicted molar refractivity (Wildman–Crippen MR) is 114 cm³/mol. The lowest BCUT2D eigenvalue weighted by atomic mass is 10.1. The molecule has 0 saturated carbocycles. The molecule has 1 heterocycles. The zero-order valence-electron chi connectivity index (χ0n) is 16.5. The zero-order chi connectivity index (χ0) is 20.8. The van der Waals surface area contributed by atoms with Crippen molar-refractivity contribution in [1.82, 2.24) is 4.98 Å². The fourth-order valence-electron chi connectivity index (χ4n) is 3.33. The number of hydrogen-bond donors (Lipinski definition) is 0. The second-order valence-electron chi connectivity index (χ2n) is 6.82. The molecule has 152 valence electrons. The van der Waals surface area contributed by atoms with Gasteiger partial charge in [-0.05, 0) is 61.9 Å². The van der Waals surface area contributed by atoms with Crippen molar-refractivity contribution in [3.8, 4) is 11.5 Å². The van der Waals surface area contributed by atoms with E-state index in [1.54, 1.807) is 6.20 Å². The number of methoxy groups -OCH3 is 1. The van der Waals surface area contributed by atoms with Gasteiger partial charge in [0.1, 0.15) is 0 Å². The molecule has 0 fully saturated rings. The number of nitrogens with zero attached hydrogens (tertiary/aromatic N) is 2. The molecule has 0 saturated heterocycles. The molecule has 3 rings (SSSR count). The minimum atomic E-state index is -0.448. The Kier molecular flexibility index (Phi) is 6.88. The van der Waals surface area contributed by atoms with Crippen LogP contribution in [-0.2, 0) is 6.42 Å². The smallest absolute Gasteiger partial charge is 0.299 e. The normalized spacial score (nSPS) is 10.9. The number of aryl methyl sites for hydroxylation is 2. The molecule has 0 aliphatic heterocycles.